The predicted molar refractivity (Wildman–Crippen MR) is 80.3 cm³/mol. The number of benzene rings is 1. The average molecular weight is 285 g/mol. The van der Waals surface area contributed by atoms with Crippen LogP contribution in [0.2, 0.25) is 0 Å². The van der Waals surface area contributed by atoms with Gasteiger partial charge in [-0.1, -0.05) is 18.6 Å². The standard InChI is InChI=1S/C17H20FN3/c18-14-6-2-5-13(9-14)17-15-11-21(10-12-3-1-4-12)8-7-16(15)19-20-17/h2,5-6,9,12H,1,3-4,7-8,10-11H2,(H,19,20). The molecule has 110 valence electrons. The van der Waals surface area contributed by atoms with Crippen LogP contribution in [0.3, 0.4) is 0 Å². The molecule has 4 rings (SSSR count). The molecule has 2 aliphatic rings. The second kappa shape index (κ2) is 5.26. The van der Waals surface area contributed by atoms with Crippen LogP contribution >= 0.6 is 0 Å². The van der Waals surface area contributed by atoms with E-state index in [9.17, 15) is 4.39 Å². The summed E-state index contributed by atoms with van der Waals surface area (Å²) in [4.78, 5) is 2.53. The predicted octanol–water partition coefficient (Wildman–Crippen LogP) is 3.37. The average Bonchev–Trinajstić information content (AvgIpc) is 2.86. The van der Waals surface area contributed by atoms with Crippen LogP contribution in [0, 0.1) is 11.7 Å². The number of hydrogen-bond donors (Lipinski definition) is 1. The molecule has 0 unspecified atom stereocenters. The van der Waals surface area contributed by atoms with E-state index in [2.05, 4.69) is 15.1 Å². The zero-order chi connectivity index (χ0) is 14.2. The molecule has 0 bridgehead atoms. The Morgan fingerprint density at radius 2 is 2.24 bits per heavy atom. The summed E-state index contributed by atoms with van der Waals surface area (Å²) in [6.07, 6.45) is 5.17. The van der Waals surface area contributed by atoms with Gasteiger partial charge in [0.05, 0.1) is 5.69 Å². The Balaban J connectivity index is 1.59. The van der Waals surface area contributed by atoms with Crippen molar-refractivity contribution < 1.29 is 4.39 Å². The minimum atomic E-state index is -0.202. The molecule has 1 aliphatic carbocycles. The summed E-state index contributed by atoms with van der Waals surface area (Å²) in [6.45, 7) is 3.25. The van der Waals surface area contributed by atoms with Crippen LogP contribution in [-0.4, -0.2) is 28.2 Å². The molecule has 0 atom stereocenters. The fourth-order valence-electron chi connectivity index (χ4n) is 3.42. The second-order valence-corrected chi connectivity index (χ2v) is 6.32. The minimum absolute atomic E-state index is 0.202. The third kappa shape index (κ3) is 2.48. The molecule has 21 heavy (non-hydrogen) atoms. The molecule has 1 aromatic heterocycles. The Bertz CT molecular complexity index is 645. The van der Waals surface area contributed by atoms with Crippen LogP contribution in [0.25, 0.3) is 11.3 Å². The number of rotatable bonds is 3. The number of fused-ring (bicyclic) bond motifs is 1. The number of halogens is 1. The first-order chi connectivity index (χ1) is 10.3. The van der Waals surface area contributed by atoms with Crippen molar-refractivity contribution in [2.24, 2.45) is 5.92 Å². The van der Waals surface area contributed by atoms with Gasteiger partial charge in [-0.15, -0.1) is 0 Å². The number of nitrogens with one attached hydrogen (secondary N) is 1. The van der Waals surface area contributed by atoms with Gasteiger partial charge in [0.1, 0.15) is 5.82 Å². The van der Waals surface area contributed by atoms with E-state index in [1.165, 1.54) is 43.1 Å². The van der Waals surface area contributed by atoms with E-state index in [4.69, 9.17) is 0 Å². The molecule has 2 aromatic rings. The van der Waals surface area contributed by atoms with Gasteiger partial charge in [0.15, 0.2) is 0 Å². The molecule has 1 saturated carbocycles. The summed E-state index contributed by atoms with van der Waals surface area (Å²) >= 11 is 0. The summed E-state index contributed by atoms with van der Waals surface area (Å²) in [7, 11) is 0. The molecule has 1 aliphatic heterocycles. The number of aromatic nitrogens is 2. The fourth-order valence-corrected chi connectivity index (χ4v) is 3.42. The van der Waals surface area contributed by atoms with Crippen molar-refractivity contribution in [2.75, 3.05) is 13.1 Å². The minimum Gasteiger partial charge on any atom is -0.298 e. The van der Waals surface area contributed by atoms with Crippen LogP contribution in [0.4, 0.5) is 4.39 Å². The van der Waals surface area contributed by atoms with Gasteiger partial charge in [-0.05, 0) is 30.9 Å². The maximum Gasteiger partial charge on any atom is 0.123 e. The number of H-pyrrole nitrogens is 1. The van der Waals surface area contributed by atoms with E-state index >= 15 is 0 Å². The van der Waals surface area contributed by atoms with Crippen LogP contribution in [-0.2, 0) is 13.0 Å². The van der Waals surface area contributed by atoms with Crippen molar-refractivity contribution >= 4 is 0 Å². The quantitative estimate of drug-likeness (QED) is 0.937. The molecule has 2 heterocycles. The van der Waals surface area contributed by atoms with E-state index in [1.54, 1.807) is 12.1 Å². The summed E-state index contributed by atoms with van der Waals surface area (Å²) in [5.74, 6) is 0.683. The Hall–Kier alpha value is -1.68. The van der Waals surface area contributed by atoms with Crippen molar-refractivity contribution in [3.8, 4) is 11.3 Å². The topological polar surface area (TPSA) is 31.9 Å². The van der Waals surface area contributed by atoms with Crippen molar-refractivity contribution in [2.45, 2.75) is 32.2 Å². The van der Waals surface area contributed by atoms with Crippen LogP contribution in [0.1, 0.15) is 30.5 Å². The van der Waals surface area contributed by atoms with Crippen LogP contribution in [0.15, 0.2) is 24.3 Å². The molecular formula is C17H20FN3. The molecule has 0 radical (unpaired) electrons. The first-order valence-corrected chi connectivity index (χ1v) is 7.84. The number of aromatic amines is 1. The van der Waals surface area contributed by atoms with E-state index in [-0.39, 0.29) is 5.82 Å². The first-order valence-electron chi connectivity index (χ1n) is 7.84. The van der Waals surface area contributed by atoms with Gasteiger partial charge in [-0.2, -0.15) is 5.10 Å². The maximum atomic E-state index is 13.4. The largest absolute Gasteiger partial charge is 0.298 e. The van der Waals surface area contributed by atoms with Gasteiger partial charge in [0.25, 0.3) is 0 Å². The lowest BCUT2D eigenvalue weighted by atomic mass is 9.84. The fraction of sp³-hybridized carbons (Fsp3) is 0.471. The normalized spacial score (nSPS) is 19.3. The van der Waals surface area contributed by atoms with Gasteiger partial charge in [-0.25, -0.2) is 4.39 Å². The van der Waals surface area contributed by atoms with Gasteiger partial charge in [0.2, 0.25) is 0 Å². The zero-order valence-corrected chi connectivity index (χ0v) is 12.1. The molecule has 0 saturated heterocycles. The van der Waals surface area contributed by atoms with Gasteiger partial charge in [-0.3, -0.25) is 10.00 Å². The van der Waals surface area contributed by atoms with Gasteiger partial charge in [0, 0.05) is 42.9 Å². The SMILES string of the molecule is Fc1cccc(-c2n[nH]c3c2CN(CC2CCC2)CC3)c1. The van der Waals surface area contributed by atoms with Crippen molar-refractivity contribution in [1.29, 1.82) is 0 Å². The third-order valence-corrected chi connectivity index (χ3v) is 4.85. The van der Waals surface area contributed by atoms with Crippen LogP contribution < -0.4 is 0 Å². The molecule has 1 N–H and O–H groups in total. The Labute approximate surface area is 124 Å². The zero-order valence-electron chi connectivity index (χ0n) is 12.1. The van der Waals surface area contributed by atoms with Gasteiger partial charge < -0.3 is 0 Å². The molecule has 3 nitrogen and oxygen atoms in total. The summed E-state index contributed by atoms with van der Waals surface area (Å²) in [5.41, 5.74) is 4.27. The molecule has 1 fully saturated rings. The van der Waals surface area contributed by atoms with E-state index in [1.807, 2.05) is 6.07 Å². The molecule has 0 amide bonds. The highest BCUT2D eigenvalue weighted by atomic mass is 19.1. The highest BCUT2D eigenvalue weighted by Crippen LogP contribution is 2.32. The molecule has 4 heteroatoms. The van der Waals surface area contributed by atoms with E-state index < -0.39 is 0 Å². The molecule has 1 aromatic carbocycles. The van der Waals surface area contributed by atoms with E-state index in [0.717, 1.165) is 36.7 Å². The maximum absolute atomic E-state index is 13.4. The van der Waals surface area contributed by atoms with Gasteiger partial charge >= 0.3 is 0 Å². The molecule has 0 spiro atoms. The van der Waals surface area contributed by atoms with E-state index in [0.29, 0.717) is 0 Å². The lowest BCUT2D eigenvalue weighted by molar-refractivity contribution is 0.165. The number of nitrogens with zero attached hydrogens (tertiary/aromatic N) is 2. The van der Waals surface area contributed by atoms with Crippen molar-refractivity contribution in [3.05, 3.63) is 41.3 Å². The van der Waals surface area contributed by atoms with Crippen molar-refractivity contribution in [3.63, 3.8) is 0 Å². The highest BCUT2D eigenvalue weighted by Gasteiger charge is 2.26. The molecular weight excluding hydrogens is 265 g/mol. The Kier molecular flexibility index (Phi) is 3.26. The van der Waals surface area contributed by atoms with Crippen LogP contribution in [0.5, 0.6) is 0 Å². The third-order valence-electron chi connectivity index (χ3n) is 4.85. The first kappa shape index (κ1) is 13.0. The smallest absolute Gasteiger partial charge is 0.123 e. The Morgan fingerprint density at radius 3 is 3.00 bits per heavy atom. The highest BCUT2D eigenvalue weighted by molar-refractivity contribution is 5.64. The second-order valence-electron chi connectivity index (χ2n) is 6.32. The van der Waals surface area contributed by atoms with Crippen molar-refractivity contribution in [1.82, 2.24) is 15.1 Å². The monoisotopic (exact) mass is 285 g/mol. The summed E-state index contributed by atoms with van der Waals surface area (Å²) in [6, 6.07) is 6.73. The lowest BCUT2D eigenvalue weighted by Gasteiger charge is -2.34. The summed E-state index contributed by atoms with van der Waals surface area (Å²) in [5, 5.41) is 7.59. The number of hydrogen-bond acceptors (Lipinski definition) is 2. The Morgan fingerprint density at radius 1 is 1.33 bits per heavy atom. The lowest BCUT2D eigenvalue weighted by Crippen LogP contribution is -2.36. The summed E-state index contributed by atoms with van der Waals surface area (Å²) < 4.78 is 13.4.